The molecule has 96 valence electrons. The lowest BCUT2D eigenvalue weighted by atomic mass is 10.0. The molecule has 0 aromatic heterocycles. The number of nitrogens with zero attached hydrogens (tertiary/aromatic N) is 1. The van der Waals surface area contributed by atoms with Crippen LogP contribution in [0.25, 0.3) is 0 Å². The fourth-order valence-corrected chi connectivity index (χ4v) is 3.85. The fourth-order valence-electron chi connectivity index (χ4n) is 3.85. The van der Waals surface area contributed by atoms with Crippen LogP contribution in [0.2, 0.25) is 0 Å². The fraction of sp³-hybridized carbons (Fsp3) is 0.923. The number of rotatable bonds is 2. The van der Waals surface area contributed by atoms with Gasteiger partial charge in [0.25, 0.3) is 0 Å². The maximum atomic E-state index is 12.2. The van der Waals surface area contributed by atoms with Crippen molar-refractivity contribution >= 4 is 5.91 Å². The Bertz CT molecular complexity index is 307. The molecule has 0 radical (unpaired) electrons. The molecule has 1 amide bonds. The van der Waals surface area contributed by atoms with Gasteiger partial charge in [0.05, 0.1) is 5.92 Å². The van der Waals surface area contributed by atoms with E-state index >= 15 is 0 Å². The molecule has 3 fully saturated rings. The summed E-state index contributed by atoms with van der Waals surface area (Å²) in [6.07, 6.45) is 6.77. The summed E-state index contributed by atoms with van der Waals surface area (Å²) < 4.78 is 0. The molecule has 0 aromatic carbocycles. The van der Waals surface area contributed by atoms with Crippen LogP contribution in [0, 0.1) is 5.92 Å². The molecule has 2 heterocycles. The molecule has 2 aliphatic heterocycles. The van der Waals surface area contributed by atoms with E-state index in [0.29, 0.717) is 12.1 Å². The second kappa shape index (κ2) is 4.58. The average Bonchev–Trinajstić information content (AvgIpc) is 2.96. The van der Waals surface area contributed by atoms with E-state index in [9.17, 15) is 4.79 Å². The summed E-state index contributed by atoms with van der Waals surface area (Å²) in [7, 11) is 0. The van der Waals surface area contributed by atoms with Crippen LogP contribution in [0.15, 0.2) is 0 Å². The maximum absolute atomic E-state index is 12.2. The zero-order valence-electron chi connectivity index (χ0n) is 10.4. The van der Waals surface area contributed by atoms with E-state index in [2.05, 4.69) is 10.2 Å². The van der Waals surface area contributed by atoms with Gasteiger partial charge in [0.1, 0.15) is 0 Å². The van der Waals surface area contributed by atoms with Crippen molar-refractivity contribution in [1.29, 1.82) is 0 Å². The predicted molar refractivity (Wildman–Crippen MR) is 66.5 cm³/mol. The monoisotopic (exact) mass is 237 g/mol. The molecule has 1 aliphatic carbocycles. The average molecular weight is 237 g/mol. The lowest BCUT2D eigenvalue weighted by molar-refractivity contribution is -0.126. The highest BCUT2D eigenvalue weighted by atomic mass is 16.2. The standard InChI is InChI=1S/C13H23N3O/c14-10-4-1-3-9(10)13(17)15-11-6-8-16-7-2-5-12(11)16/h9-12H,1-8,14H2,(H,15,17). The molecule has 3 rings (SSSR count). The van der Waals surface area contributed by atoms with Crippen molar-refractivity contribution < 1.29 is 4.79 Å². The number of nitrogens with one attached hydrogen (secondary N) is 1. The van der Waals surface area contributed by atoms with Crippen molar-refractivity contribution in [1.82, 2.24) is 10.2 Å². The number of nitrogens with two attached hydrogens (primary N) is 1. The Kier molecular flexibility index (Phi) is 3.09. The summed E-state index contributed by atoms with van der Waals surface area (Å²) in [6, 6.07) is 1.09. The second-order valence-corrected chi connectivity index (χ2v) is 5.85. The molecule has 17 heavy (non-hydrogen) atoms. The van der Waals surface area contributed by atoms with Crippen molar-refractivity contribution in [3.05, 3.63) is 0 Å². The predicted octanol–water partition coefficient (Wildman–Crippen LogP) is 0.467. The summed E-state index contributed by atoms with van der Waals surface area (Å²) in [4.78, 5) is 14.7. The largest absolute Gasteiger partial charge is 0.351 e. The number of hydrogen-bond acceptors (Lipinski definition) is 3. The van der Waals surface area contributed by atoms with Gasteiger partial charge in [-0.05, 0) is 38.6 Å². The Morgan fingerprint density at radius 1 is 1.12 bits per heavy atom. The van der Waals surface area contributed by atoms with Crippen LogP contribution < -0.4 is 11.1 Å². The summed E-state index contributed by atoms with van der Waals surface area (Å²) in [6.45, 7) is 2.38. The first-order valence-electron chi connectivity index (χ1n) is 7.06. The highest BCUT2D eigenvalue weighted by Crippen LogP contribution is 2.29. The Morgan fingerprint density at radius 3 is 2.76 bits per heavy atom. The van der Waals surface area contributed by atoms with Gasteiger partial charge in [-0.1, -0.05) is 6.42 Å². The van der Waals surface area contributed by atoms with E-state index in [1.54, 1.807) is 0 Å². The smallest absolute Gasteiger partial charge is 0.224 e. The molecule has 3 aliphatic rings. The number of amides is 1. The van der Waals surface area contributed by atoms with Gasteiger partial charge in [-0.2, -0.15) is 0 Å². The van der Waals surface area contributed by atoms with E-state index in [1.165, 1.54) is 19.4 Å². The number of carbonyl (C=O) groups excluding carboxylic acids is 1. The first-order valence-corrected chi connectivity index (χ1v) is 7.06. The quantitative estimate of drug-likeness (QED) is 0.734. The van der Waals surface area contributed by atoms with E-state index < -0.39 is 0 Å². The van der Waals surface area contributed by atoms with Crippen molar-refractivity contribution in [3.8, 4) is 0 Å². The molecule has 0 aromatic rings. The molecule has 4 atom stereocenters. The SMILES string of the molecule is NC1CCCC1C(=O)NC1CCN2CCCC12. The van der Waals surface area contributed by atoms with Crippen LogP contribution in [-0.2, 0) is 4.79 Å². The minimum Gasteiger partial charge on any atom is -0.351 e. The van der Waals surface area contributed by atoms with Gasteiger partial charge in [-0.25, -0.2) is 0 Å². The third-order valence-electron chi connectivity index (χ3n) is 4.84. The molecule has 4 heteroatoms. The minimum absolute atomic E-state index is 0.0745. The number of carbonyl (C=O) groups is 1. The van der Waals surface area contributed by atoms with Crippen molar-refractivity contribution in [2.24, 2.45) is 11.7 Å². The Labute approximate surface area is 103 Å². The Hall–Kier alpha value is -0.610. The lowest BCUT2D eigenvalue weighted by Crippen LogP contribution is -2.47. The molecular formula is C13H23N3O. The molecule has 2 saturated heterocycles. The number of hydrogen-bond donors (Lipinski definition) is 2. The highest BCUT2D eigenvalue weighted by Gasteiger charge is 2.39. The zero-order chi connectivity index (χ0) is 11.8. The van der Waals surface area contributed by atoms with Gasteiger partial charge in [0.15, 0.2) is 0 Å². The third-order valence-corrected chi connectivity index (χ3v) is 4.84. The molecule has 4 unspecified atom stereocenters. The van der Waals surface area contributed by atoms with Gasteiger partial charge in [0, 0.05) is 24.7 Å². The normalized spacial score (nSPS) is 41.7. The van der Waals surface area contributed by atoms with Crippen molar-refractivity contribution in [3.63, 3.8) is 0 Å². The summed E-state index contributed by atoms with van der Waals surface area (Å²) >= 11 is 0. The first-order chi connectivity index (χ1) is 8.25. The summed E-state index contributed by atoms with van der Waals surface area (Å²) in [5.74, 6) is 0.291. The van der Waals surface area contributed by atoms with E-state index in [1.807, 2.05) is 0 Å². The van der Waals surface area contributed by atoms with Crippen molar-refractivity contribution in [2.75, 3.05) is 13.1 Å². The van der Waals surface area contributed by atoms with Crippen LogP contribution in [-0.4, -0.2) is 42.0 Å². The van der Waals surface area contributed by atoms with Gasteiger partial charge < -0.3 is 11.1 Å². The molecular weight excluding hydrogens is 214 g/mol. The van der Waals surface area contributed by atoms with Crippen LogP contribution in [0.1, 0.15) is 38.5 Å². The molecule has 0 bridgehead atoms. The second-order valence-electron chi connectivity index (χ2n) is 5.85. The van der Waals surface area contributed by atoms with Crippen LogP contribution >= 0.6 is 0 Å². The Balaban J connectivity index is 1.58. The van der Waals surface area contributed by atoms with E-state index in [4.69, 9.17) is 5.73 Å². The van der Waals surface area contributed by atoms with Gasteiger partial charge in [0.2, 0.25) is 5.91 Å². The number of fused-ring (bicyclic) bond motifs is 1. The zero-order valence-corrected chi connectivity index (χ0v) is 10.4. The summed E-state index contributed by atoms with van der Waals surface area (Å²) in [5, 5.41) is 3.26. The maximum Gasteiger partial charge on any atom is 0.224 e. The van der Waals surface area contributed by atoms with Gasteiger partial charge in [-0.3, -0.25) is 9.69 Å². The van der Waals surface area contributed by atoms with Gasteiger partial charge >= 0.3 is 0 Å². The van der Waals surface area contributed by atoms with E-state index in [-0.39, 0.29) is 17.9 Å². The molecule has 4 nitrogen and oxygen atoms in total. The minimum atomic E-state index is 0.0745. The van der Waals surface area contributed by atoms with E-state index in [0.717, 1.165) is 32.2 Å². The molecule has 0 spiro atoms. The third kappa shape index (κ3) is 2.08. The molecule has 3 N–H and O–H groups in total. The molecule has 1 saturated carbocycles. The van der Waals surface area contributed by atoms with Crippen LogP contribution in [0.3, 0.4) is 0 Å². The van der Waals surface area contributed by atoms with Crippen molar-refractivity contribution in [2.45, 2.75) is 56.7 Å². The first kappa shape index (κ1) is 11.5. The topological polar surface area (TPSA) is 58.4 Å². The van der Waals surface area contributed by atoms with Crippen LogP contribution in [0.4, 0.5) is 0 Å². The highest BCUT2D eigenvalue weighted by molar-refractivity contribution is 5.80. The lowest BCUT2D eigenvalue weighted by Gasteiger charge is -2.24. The van der Waals surface area contributed by atoms with Crippen LogP contribution in [0.5, 0.6) is 0 Å². The summed E-state index contributed by atoms with van der Waals surface area (Å²) in [5.41, 5.74) is 5.99. The Morgan fingerprint density at radius 2 is 2.00 bits per heavy atom. The van der Waals surface area contributed by atoms with Gasteiger partial charge in [-0.15, -0.1) is 0 Å².